The molecule has 0 spiro atoms. The average Bonchev–Trinajstić information content (AvgIpc) is 2.59. The summed E-state index contributed by atoms with van der Waals surface area (Å²) in [4.78, 5) is 12.6. The standard InChI is InChI=1S/C18H21IN2O3S/c1-4-21(5-2)25(23,24)16-8-6-7-14(11-16)18(22)20-15-10-9-13(3)17(19)12-15/h6-12H,4-5H2,1-3H3,(H,20,22). The molecule has 2 aromatic rings. The fraction of sp³-hybridized carbons (Fsp3) is 0.278. The van der Waals surface area contributed by atoms with Crippen molar-refractivity contribution < 1.29 is 13.2 Å². The molecule has 5 nitrogen and oxygen atoms in total. The van der Waals surface area contributed by atoms with Gasteiger partial charge in [0, 0.05) is 27.9 Å². The molecular formula is C18H21IN2O3S. The van der Waals surface area contributed by atoms with Crippen molar-refractivity contribution in [3.63, 3.8) is 0 Å². The zero-order valence-corrected chi connectivity index (χ0v) is 17.4. The largest absolute Gasteiger partial charge is 0.322 e. The Kier molecular flexibility index (Phi) is 6.59. The summed E-state index contributed by atoms with van der Waals surface area (Å²) in [5.74, 6) is -0.337. The Labute approximate surface area is 162 Å². The number of anilines is 1. The van der Waals surface area contributed by atoms with Gasteiger partial charge >= 0.3 is 0 Å². The Morgan fingerprint density at radius 2 is 1.80 bits per heavy atom. The van der Waals surface area contributed by atoms with Gasteiger partial charge in [0.25, 0.3) is 5.91 Å². The second kappa shape index (κ2) is 8.29. The fourth-order valence-electron chi connectivity index (χ4n) is 2.38. The van der Waals surface area contributed by atoms with Crippen molar-refractivity contribution in [1.82, 2.24) is 4.31 Å². The molecule has 0 fully saturated rings. The molecule has 1 amide bonds. The van der Waals surface area contributed by atoms with Gasteiger partial charge in [0.1, 0.15) is 0 Å². The lowest BCUT2D eigenvalue weighted by Gasteiger charge is -2.18. The van der Waals surface area contributed by atoms with Crippen LogP contribution in [0.25, 0.3) is 0 Å². The van der Waals surface area contributed by atoms with E-state index in [9.17, 15) is 13.2 Å². The fourth-order valence-corrected chi connectivity index (χ4v) is 4.40. The van der Waals surface area contributed by atoms with Gasteiger partial charge in [-0.15, -0.1) is 0 Å². The Morgan fingerprint density at radius 1 is 1.12 bits per heavy atom. The Bertz CT molecular complexity index is 878. The van der Waals surface area contributed by atoms with E-state index in [-0.39, 0.29) is 10.8 Å². The summed E-state index contributed by atoms with van der Waals surface area (Å²) >= 11 is 2.21. The molecule has 0 saturated heterocycles. The van der Waals surface area contributed by atoms with E-state index in [4.69, 9.17) is 0 Å². The molecule has 25 heavy (non-hydrogen) atoms. The minimum absolute atomic E-state index is 0.127. The summed E-state index contributed by atoms with van der Waals surface area (Å²) in [6, 6.07) is 11.8. The highest BCUT2D eigenvalue weighted by Crippen LogP contribution is 2.20. The molecule has 134 valence electrons. The van der Waals surface area contributed by atoms with Gasteiger partial charge in [0.15, 0.2) is 0 Å². The van der Waals surface area contributed by atoms with Crippen LogP contribution in [0.5, 0.6) is 0 Å². The first-order valence-electron chi connectivity index (χ1n) is 7.97. The number of nitrogens with one attached hydrogen (secondary N) is 1. The summed E-state index contributed by atoms with van der Waals surface area (Å²) in [6.07, 6.45) is 0. The van der Waals surface area contributed by atoms with E-state index in [1.54, 1.807) is 26.0 Å². The molecule has 0 bridgehead atoms. The van der Waals surface area contributed by atoms with Gasteiger partial charge in [-0.1, -0.05) is 26.0 Å². The van der Waals surface area contributed by atoms with Crippen LogP contribution in [0.2, 0.25) is 0 Å². The maximum absolute atomic E-state index is 12.6. The lowest BCUT2D eigenvalue weighted by Crippen LogP contribution is -2.30. The summed E-state index contributed by atoms with van der Waals surface area (Å²) in [5, 5.41) is 2.81. The zero-order valence-electron chi connectivity index (χ0n) is 14.4. The molecule has 0 aromatic heterocycles. The number of nitrogens with zero attached hydrogens (tertiary/aromatic N) is 1. The van der Waals surface area contributed by atoms with E-state index < -0.39 is 10.0 Å². The van der Waals surface area contributed by atoms with Gasteiger partial charge in [-0.2, -0.15) is 4.31 Å². The molecule has 1 N–H and O–H groups in total. The van der Waals surface area contributed by atoms with E-state index in [0.717, 1.165) is 9.13 Å². The first-order valence-corrected chi connectivity index (χ1v) is 10.5. The van der Waals surface area contributed by atoms with Crippen molar-refractivity contribution in [3.8, 4) is 0 Å². The van der Waals surface area contributed by atoms with Crippen LogP contribution in [0.4, 0.5) is 5.69 Å². The smallest absolute Gasteiger partial charge is 0.255 e. The summed E-state index contributed by atoms with van der Waals surface area (Å²) in [6.45, 7) is 6.34. The van der Waals surface area contributed by atoms with Crippen LogP contribution in [-0.4, -0.2) is 31.7 Å². The molecule has 7 heteroatoms. The van der Waals surface area contributed by atoms with Crippen molar-refractivity contribution >= 4 is 44.2 Å². The van der Waals surface area contributed by atoms with Crippen LogP contribution < -0.4 is 5.32 Å². The summed E-state index contributed by atoms with van der Waals surface area (Å²) < 4.78 is 27.6. The van der Waals surface area contributed by atoms with E-state index in [1.165, 1.54) is 16.4 Å². The number of hydrogen-bond acceptors (Lipinski definition) is 3. The molecule has 0 unspecified atom stereocenters. The lowest BCUT2D eigenvalue weighted by molar-refractivity contribution is 0.102. The molecule has 0 aliphatic rings. The third-order valence-electron chi connectivity index (χ3n) is 3.87. The number of sulfonamides is 1. The number of hydrogen-bond donors (Lipinski definition) is 1. The Balaban J connectivity index is 2.28. The van der Waals surface area contributed by atoms with Crippen molar-refractivity contribution in [2.75, 3.05) is 18.4 Å². The van der Waals surface area contributed by atoms with Gasteiger partial charge < -0.3 is 5.32 Å². The number of halogens is 1. The normalized spacial score (nSPS) is 11.6. The summed E-state index contributed by atoms with van der Waals surface area (Å²) in [7, 11) is -3.59. The van der Waals surface area contributed by atoms with Crippen molar-refractivity contribution in [1.29, 1.82) is 0 Å². The third-order valence-corrected chi connectivity index (χ3v) is 7.08. The number of carbonyl (C=O) groups is 1. The molecule has 2 aromatic carbocycles. The SMILES string of the molecule is CCN(CC)S(=O)(=O)c1cccc(C(=O)Nc2ccc(C)c(I)c2)c1. The average molecular weight is 472 g/mol. The van der Waals surface area contributed by atoms with Gasteiger partial charge in [-0.25, -0.2) is 8.42 Å². The van der Waals surface area contributed by atoms with Crippen LogP contribution in [0.15, 0.2) is 47.4 Å². The van der Waals surface area contributed by atoms with Crippen LogP contribution >= 0.6 is 22.6 Å². The molecule has 0 radical (unpaired) electrons. The van der Waals surface area contributed by atoms with Crippen LogP contribution in [0.3, 0.4) is 0 Å². The lowest BCUT2D eigenvalue weighted by atomic mass is 10.2. The highest BCUT2D eigenvalue weighted by molar-refractivity contribution is 14.1. The zero-order chi connectivity index (χ0) is 18.6. The van der Waals surface area contributed by atoms with E-state index in [0.29, 0.717) is 24.3 Å². The Hall–Kier alpha value is -1.45. The molecule has 0 aliphatic heterocycles. The number of aryl methyl sites for hydroxylation is 1. The topological polar surface area (TPSA) is 66.5 Å². The van der Waals surface area contributed by atoms with E-state index in [2.05, 4.69) is 27.9 Å². The van der Waals surface area contributed by atoms with E-state index >= 15 is 0 Å². The number of rotatable bonds is 6. The second-order valence-electron chi connectivity index (χ2n) is 5.54. The van der Waals surface area contributed by atoms with Crippen LogP contribution in [-0.2, 0) is 10.0 Å². The van der Waals surface area contributed by atoms with Crippen LogP contribution in [0, 0.1) is 10.5 Å². The van der Waals surface area contributed by atoms with Gasteiger partial charge in [0.05, 0.1) is 4.90 Å². The molecule has 0 atom stereocenters. The number of amides is 1. The summed E-state index contributed by atoms with van der Waals surface area (Å²) in [5.41, 5.74) is 2.12. The molecule has 0 aliphatic carbocycles. The highest BCUT2D eigenvalue weighted by Gasteiger charge is 2.22. The first kappa shape index (κ1) is 19.9. The predicted octanol–water partition coefficient (Wildman–Crippen LogP) is 3.88. The molecule has 2 rings (SSSR count). The highest BCUT2D eigenvalue weighted by atomic mass is 127. The minimum atomic E-state index is -3.59. The Morgan fingerprint density at radius 3 is 2.40 bits per heavy atom. The van der Waals surface area contributed by atoms with Crippen molar-refractivity contribution in [2.45, 2.75) is 25.7 Å². The third kappa shape index (κ3) is 4.59. The van der Waals surface area contributed by atoms with Gasteiger partial charge in [-0.3, -0.25) is 4.79 Å². The van der Waals surface area contributed by atoms with Gasteiger partial charge in [-0.05, 0) is 65.4 Å². The van der Waals surface area contributed by atoms with Crippen molar-refractivity contribution in [3.05, 3.63) is 57.2 Å². The first-order chi connectivity index (χ1) is 11.8. The van der Waals surface area contributed by atoms with Crippen molar-refractivity contribution in [2.24, 2.45) is 0 Å². The predicted molar refractivity (Wildman–Crippen MR) is 108 cm³/mol. The molecule has 0 heterocycles. The number of benzene rings is 2. The second-order valence-corrected chi connectivity index (χ2v) is 8.64. The quantitative estimate of drug-likeness (QED) is 0.649. The minimum Gasteiger partial charge on any atom is -0.322 e. The monoisotopic (exact) mass is 472 g/mol. The maximum Gasteiger partial charge on any atom is 0.255 e. The number of carbonyl (C=O) groups excluding carboxylic acids is 1. The molecular weight excluding hydrogens is 451 g/mol. The molecule has 0 saturated carbocycles. The maximum atomic E-state index is 12.6. The van der Waals surface area contributed by atoms with Crippen LogP contribution in [0.1, 0.15) is 29.8 Å². The van der Waals surface area contributed by atoms with Gasteiger partial charge in [0.2, 0.25) is 10.0 Å². The van der Waals surface area contributed by atoms with E-state index in [1.807, 2.05) is 25.1 Å².